The first-order valence-electron chi connectivity index (χ1n) is 7.91. The fourth-order valence-corrected chi connectivity index (χ4v) is 4.05. The zero-order chi connectivity index (χ0) is 17.6. The molecule has 0 saturated carbocycles. The summed E-state index contributed by atoms with van der Waals surface area (Å²) in [4.78, 5) is 21.4. The molecule has 0 saturated heterocycles. The Morgan fingerprint density at radius 3 is 2.67 bits per heavy atom. The number of amides is 1. The lowest BCUT2D eigenvalue weighted by Gasteiger charge is -2.21. The first-order chi connectivity index (χ1) is 11.3. The van der Waals surface area contributed by atoms with Gasteiger partial charge in [-0.2, -0.15) is 0 Å². The number of rotatable bonds is 4. The van der Waals surface area contributed by atoms with Crippen LogP contribution in [0.4, 0.5) is 0 Å². The van der Waals surface area contributed by atoms with E-state index in [0.29, 0.717) is 12.3 Å². The van der Waals surface area contributed by atoms with E-state index >= 15 is 0 Å². The van der Waals surface area contributed by atoms with E-state index in [1.54, 1.807) is 16.2 Å². The molecule has 0 N–H and O–H groups in total. The van der Waals surface area contributed by atoms with Crippen molar-refractivity contribution < 1.29 is 9.32 Å². The lowest BCUT2D eigenvalue weighted by atomic mass is 9.98. The summed E-state index contributed by atoms with van der Waals surface area (Å²) >= 11 is 1.66. The molecule has 6 nitrogen and oxygen atoms in total. The molecule has 1 atom stereocenters. The molecule has 0 bridgehead atoms. The smallest absolute Gasteiger partial charge is 0.230 e. The Bertz CT molecular complexity index is 886. The van der Waals surface area contributed by atoms with Crippen molar-refractivity contribution in [1.82, 2.24) is 19.4 Å². The van der Waals surface area contributed by atoms with E-state index in [9.17, 15) is 4.79 Å². The number of thiazole rings is 1. The van der Waals surface area contributed by atoms with Gasteiger partial charge in [0.05, 0.1) is 29.5 Å². The van der Waals surface area contributed by atoms with E-state index in [4.69, 9.17) is 4.52 Å². The number of carbonyl (C=O) groups excluding carboxylic acids is 1. The number of likely N-dealkylation sites (N-methyl/N-ethyl adjacent to an activating group) is 1. The van der Waals surface area contributed by atoms with Gasteiger partial charge in [0.15, 0.2) is 4.96 Å². The number of carbonyl (C=O) groups is 1. The van der Waals surface area contributed by atoms with Crippen molar-refractivity contribution in [3.8, 4) is 0 Å². The SMILES string of the molecule is Cc1cn2c(CN(C)C(=O)[C@H](C)c3c(C)noc3C)c(C)nc2s1. The lowest BCUT2D eigenvalue weighted by Crippen LogP contribution is -2.31. The maximum Gasteiger partial charge on any atom is 0.230 e. The van der Waals surface area contributed by atoms with Crippen LogP contribution in [-0.2, 0) is 11.3 Å². The normalized spacial score (nSPS) is 12.8. The summed E-state index contributed by atoms with van der Waals surface area (Å²) in [5, 5.41) is 3.95. The Kier molecular flexibility index (Phi) is 4.21. The van der Waals surface area contributed by atoms with E-state index in [2.05, 4.69) is 27.7 Å². The molecular formula is C17H22N4O2S. The van der Waals surface area contributed by atoms with Crippen LogP contribution < -0.4 is 0 Å². The third-order valence-electron chi connectivity index (χ3n) is 4.40. The highest BCUT2D eigenvalue weighted by Crippen LogP contribution is 2.26. The van der Waals surface area contributed by atoms with Gasteiger partial charge < -0.3 is 9.42 Å². The molecule has 0 aliphatic heterocycles. The minimum absolute atomic E-state index is 0.0469. The van der Waals surface area contributed by atoms with Crippen LogP contribution in [0, 0.1) is 27.7 Å². The molecule has 0 aliphatic carbocycles. The van der Waals surface area contributed by atoms with Crippen LogP contribution in [0.1, 0.15) is 46.1 Å². The minimum Gasteiger partial charge on any atom is -0.361 e. The average molecular weight is 346 g/mol. The van der Waals surface area contributed by atoms with Crippen molar-refractivity contribution in [2.45, 2.75) is 47.1 Å². The summed E-state index contributed by atoms with van der Waals surface area (Å²) in [6.07, 6.45) is 2.07. The Morgan fingerprint density at radius 2 is 2.04 bits per heavy atom. The molecule has 3 heterocycles. The summed E-state index contributed by atoms with van der Waals surface area (Å²) in [7, 11) is 1.83. The van der Waals surface area contributed by atoms with Crippen molar-refractivity contribution in [2.24, 2.45) is 0 Å². The van der Waals surface area contributed by atoms with Crippen LogP contribution >= 0.6 is 11.3 Å². The van der Waals surface area contributed by atoms with Gasteiger partial charge in [-0.05, 0) is 34.6 Å². The van der Waals surface area contributed by atoms with Crippen molar-refractivity contribution in [2.75, 3.05) is 7.05 Å². The monoisotopic (exact) mass is 346 g/mol. The number of aromatic nitrogens is 3. The molecule has 0 spiro atoms. The van der Waals surface area contributed by atoms with Crippen molar-refractivity contribution in [3.63, 3.8) is 0 Å². The molecule has 24 heavy (non-hydrogen) atoms. The molecule has 0 aromatic carbocycles. The van der Waals surface area contributed by atoms with E-state index in [-0.39, 0.29) is 11.8 Å². The zero-order valence-corrected chi connectivity index (χ0v) is 15.7. The Hall–Kier alpha value is -2.15. The number of aryl methyl sites for hydroxylation is 4. The Labute approximate surface area is 145 Å². The van der Waals surface area contributed by atoms with Crippen LogP contribution in [0.3, 0.4) is 0 Å². The van der Waals surface area contributed by atoms with Crippen LogP contribution in [0.15, 0.2) is 10.7 Å². The molecule has 1 amide bonds. The van der Waals surface area contributed by atoms with Crippen molar-refractivity contribution in [1.29, 1.82) is 0 Å². The van der Waals surface area contributed by atoms with Crippen LogP contribution in [0.25, 0.3) is 4.96 Å². The molecule has 0 aliphatic rings. The molecule has 0 unspecified atom stereocenters. The number of nitrogens with zero attached hydrogens (tertiary/aromatic N) is 4. The second-order valence-corrected chi connectivity index (χ2v) is 7.51. The van der Waals surface area contributed by atoms with Crippen LogP contribution in [0.5, 0.6) is 0 Å². The summed E-state index contributed by atoms with van der Waals surface area (Å²) in [6.45, 7) is 10.2. The van der Waals surface area contributed by atoms with Gasteiger partial charge in [-0.25, -0.2) is 4.98 Å². The quantitative estimate of drug-likeness (QED) is 0.726. The Balaban J connectivity index is 1.84. The second kappa shape index (κ2) is 6.05. The molecule has 3 aromatic rings. The average Bonchev–Trinajstić information content (AvgIpc) is 3.12. The first-order valence-corrected chi connectivity index (χ1v) is 8.73. The minimum atomic E-state index is -0.283. The molecule has 3 rings (SSSR count). The van der Waals surface area contributed by atoms with E-state index in [0.717, 1.165) is 27.6 Å². The maximum atomic E-state index is 12.9. The maximum absolute atomic E-state index is 12.9. The topological polar surface area (TPSA) is 63.6 Å². The molecule has 0 radical (unpaired) electrons. The van der Waals surface area contributed by atoms with E-state index < -0.39 is 0 Å². The summed E-state index contributed by atoms with van der Waals surface area (Å²) in [5.74, 6) is 0.470. The predicted molar refractivity (Wildman–Crippen MR) is 93.4 cm³/mol. The summed E-state index contributed by atoms with van der Waals surface area (Å²) < 4.78 is 7.28. The van der Waals surface area contributed by atoms with Gasteiger partial charge in [0.1, 0.15) is 5.76 Å². The van der Waals surface area contributed by atoms with Crippen molar-refractivity contribution in [3.05, 3.63) is 39.5 Å². The molecular weight excluding hydrogens is 324 g/mol. The fraction of sp³-hybridized carbons (Fsp3) is 0.471. The van der Waals surface area contributed by atoms with Gasteiger partial charge in [-0.1, -0.05) is 5.16 Å². The zero-order valence-electron chi connectivity index (χ0n) is 14.9. The van der Waals surface area contributed by atoms with Gasteiger partial charge in [-0.3, -0.25) is 9.20 Å². The largest absolute Gasteiger partial charge is 0.361 e. The second-order valence-electron chi connectivity index (χ2n) is 6.29. The highest BCUT2D eigenvalue weighted by atomic mass is 32.1. The number of hydrogen-bond acceptors (Lipinski definition) is 5. The predicted octanol–water partition coefficient (Wildman–Crippen LogP) is 3.38. The van der Waals surface area contributed by atoms with Crippen LogP contribution in [-0.4, -0.2) is 32.4 Å². The fourth-order valence-electron chi connectivity index (χ4n) is 3.16. The van der Waals surface area contributed by atoms with Gasteiger partial charge in [-0.15, -0.1) is 11.3 Å². The molecule has 7 heteroatoms. The first kappa shape index (κ1) is 16.7. The van der Waals surface area contributed by atoms with E-state index in [1.165, 1.54) is 4.88 Å². The third-order valence-corrected chi connectivity index (χ3v) is 5.29. The van der Waals surface area contributed by atoms with Gasteiger partial charge in [0.2, 0.25) is 5.91 Å². The Morgan fingerprint density at radius 1 is 1.33 bits per heavy atom. The highest BCUT2D eigenvalue weighted by Gasteiger charge is 2.26. The van der Waals surface area contributed by atoms with Gasteiger partial charge in [0, 0.05) is 23.7 Å². The summed E-state index contributed by atoms with van der Waals surface area (Å²) in [6, 6.07) is 0. The standard InChI is InChI=1S/C17H22N4O2S/c1-9-7-21-14(11(3)18-17(21)24-9)8-20(6)16(22)10(2)15-12(4)19-23-13(15)5/h7,10H,8H2,1-6H3/t10-/m1/s1. The van der Waals surface area contributed by atoms with E-state index in [1.807, 2.05) is 34.7 Å². The van der Waals surface area contributed by atoms with Gasteiger partial charge >= 0.3 is 0 Å². The number of imidazole rings is 1. The summed E-state index contributed by atoms with van der Waals surface area (Å²) in [5.41, 5.74) is 3.67. The molecule has 3 aromatic heterocycles. The van der Waals surface area contributed by atoms with Crippen molar-refractivity contribution >= 4 is 22.2 Å². The number of hydrogen-bond donors (Lipinski definition) is 0. The molecule has 0 fully saturated rings. The third kappa shape index (κ3) is 2.73. The highest BCUT2D eigenvalue weighted by molar-refractivity contribution is 7.17. The number of fused-ring (bicyclic) bond motifs is 1. The van der Waals surface area contributed by atoms with Gasteiger partial charge in [0.25, 0.3) is 0 Å². The van der Waals surface area contributed by atoms with Crippen LogP contribution in [0.2, 0.25) is 0 Å². The molecule has 128 valence electrons. The lowest BCUT2D eigenvalue weighted by molar-refractivity contribution is -0.131.